The second kappa shape index (κ2) is 5.70. The minimum absolute atomic E-state index is 0.0288. The fourth-order valence-electron chi connectivity index (χ4n) is 2.32. The third-order valence-electron chi connectivity index (χ3n) is 3.29. The number of aliphatic hydroxyl groups excluding tert-OH is 2. The summed E-state index contributed by atoms with van der Waals surface area (Å²) in [4.78, 5) is 17.2. The molecule has 0 aliphatic carbocycles. The Kier molecular flexibility index (Phi) is 3.91. The summed E-state index contributed by atoms with van der Waals surface area (Å²) in [5.41, 5.74) is 3.50. The summed E-state index contributed by atoms with van der Waals surface area (Å²) in [7, 11) is 1.45. The number of hydrogen-bond acceptors (Lipinski definition) is 8. The molecule has 1 aliphatic rings. The van der Waals surface area contributed by atoms with E-state index in [-0.39, 0.29) is 11.9 Å². The van der Waals surface area contributed by atoms with Crippen LogP contribution in [0.2, 0.25) is 5.28 Å². The summed E-state index contributed by atoms with van der Waals surface area (Å²) >= 11 is 5.89. The zero-order valence-electron chi connectivity index (χ0n) is 11.1. The van der Waals surface area contributed by atoms with E-state index in [9.17, 15) is 5.11 Å². The van der Waals surface area contributed by atoms with E-state index >= 15 is 0 Å². The highest BCUT2D eigenvalue weighted by Crippen LogP contribution is 2.32. The number of hydrogen-bond donors (Lipinski definition) is 3. The zero-order valence-corrected chi connectivity index (χ0v) is 11.9. The van der Waals surface area contributed by atoms with Gasteiger partial charge in [0.2, 0.25) is 5.28 Å². The van der Waals surface area contributed by atoms with Crippen LogP contribution >= 0.6 is 11.6 Å². The Morgan fingerprint density at radius 3 is 3.05 bits per heavy atom. The van der Waals surface area contributed by atoms with Crippen molar-refractivity contribution in [2.75, 3.05) is 19.2 Å². The monoisotopic (exact) mass is 315 g/mol. The molecule has 3 heterocycles. The molecule has 1 saturated heterocycles. The van der Waals surface area contributed by atoms with Gasteiger partial charge in [-0.3, -0.25) is 9.40 Å². The number of nitrogens with zero attached hydrogens (tertiary/aromatic N) is 4. The third kappa shape index (κ3) is 2.54. The van der Waals surface area contributed by atoms with E-state index < -0.39 is 18.4 Å². The molecule has 3 rings (SSSR count). The lowest BCUT2D eigenvalue weighted by atomic mass is 10.2. The number of rotatable bonds is 4. The molecule has 114 valence electrons. The number of imidazole rings is 1. The van der Waals surface area contributed by atoms with Crippen molar-refractivity contribution in [2.24, 2.45) is 0 Å². The lowest BCUT2D eigenvalue weighted by Gasteiger charge is -2.13. The summed E-state index contributed by atoms with van der Waals surface area (Å²) in [6.07, 6.45) is -0.00453. The van der Waals surface area contributed by atoms with Gasteiger partial charge in [0.25, 0.3) is 0 Å². The molecule has 21 heavy (non-hydrogen) atoms. The largest absolute Gasteiger partial charge is 0.394 e. The van der Waals surface area contributed by atoms with Crippen LogP contribution < -0.4 is 5.48 Å². The van der Waals surface area contributed by atoms with Crippen LogP contribution in [0.4, 0.5) is 5.82 Å². The van der Waals surface area contributed by atoms with Crippen molar-refractivity contribution in [3.63, 3.8) is 0 Å². The zero-order chi connectivity index (χ0) is 15.0. The van der Waals surface area contributed by atoms with Crippen LogP contribution in [-0.2, 0) is 9.57 Å². The normalized spacial score (nSPS) is 25.6. The molecule has 0 spiro atoms. The van der Waals surface area contributed by atoms with E-state index in [1.807, 2.05) is 0 Å². The van der Waals surface area contributed by atoms with Gasteiger partial charge in [0.1, 0.15) is 12.3 Å². The van der Waals surface area contributed by atoms with Gasteiger partial charge in [0.15, 0.2) is 17.0 Å². The predicted molar refractivity (Wildman–Crippen MR) is 72.6 cm³/mol. The van der Waals surface area contributed by atoms with Gasteiger partial charge in [0, 0.05) is 6.42 Å². The highest BCUT2D eigenvalue weighted by atomic mass is 35.5. The molecule has 1 fully saturated rings. The number of ether oxygens (including phenoxy) is 1. The van der Waals surface area contributed by atoms with Crippen molar-refractivity contribution in [3.8, 4) is 0 Å². The van der Waals surface area contributed by atoms with Gasteiger partial charge >= 0.3 is 0 Å². The number of halogens is 1. The van der Waals surface area contributed by atoms with E-state index in [4.69, 9.17) is 26.3 Å². The van der Waals surface area contributed by atoms with Gasteiger partial charge in [0.05, 0.1) is 26.1 Å². The van der Waals surface area contributed by atoms with Crippen molar-refractivity contribution in [3.05, 3.63) is 11.6 Å². The maximum atomic E-state index is 9.81. The van der Waals surface area contributed by atoms with Crippen LogP contribution in [0, 0.1) is 0 Å². The molecule has 2 aromatic rings. The summed E-state index contributed by atoms with van der Waals surface area (Å²) in [6.45, 7) is -0.253. The SMILES string of the molecule is CONc1nc(Cl)nc2c1ncn2[C@H]1C[C@H](O)[C@@H](CO)O1. The Bertz CT molecular complexity index is 651. The van der Waals surface area contributed by atoms with Crippen molar-refractivity contribution in [1.29, 1.82) is 0 Å². The van der Waals surface area contributed by atoms with E-state index in [2.05, 4.69) is 20.4 Å². The van der Waals surface area contributed by atoms with Crippen molar-refractivity contribution >= 4 is 28.6 Å². The molecule has 2 aromatic heterocycles. The number of aromatic nitrogens is 4. The maximum Gasteiger partial charge on any atom is 0.226 e. The second-order valence-electron chi connectivity index (χ2n) is 4.59. The molecule has 0 aromatic carbocycles. The van der Waals surface area contributed by atoms with Crippen LogP contribution in [-0.4, -0.2) is 55.7 Å². The van der Waals surface area contributed by atoms with Crippen molar-refractivity contribution in [2.45, 2.75) is 24.9 Å². The van der Waals surface area contributed by atoms with Crippen LogP contribution in [0.15, 0.2) is 6.33 Å². The summed E-state index contributed by atoms with van der Waals surface area (Å²) in [5.74, 6) is 0.337. The molecule has 10 heteroatoms. The van der Waals surface area contributed by atoms with Crippen LogP contribution in [0.1, 0.15) is 12.6 Å². The fourth-order valence-corrected chi connectivity index (χ4v) is 2.48. The quantitative estimate of drug-likeness (QED) is 0.537. The number of aliphatic hydroxyl groups is 2. The van der Waals surface area contributed by atoms with E-state index in [0.717, 1.165) is 0 Å². The molecule has 3 N–H and O–H groups in total. The molecule has 0 bridgehead atoms. The van der Waals surface area contributed by atoms with Gasteiger partial charge in [-0.15, -0.1) is 0 Å². The highest BCUT2D eigenvalue weighted by molar-refractivity contribution is 6.28. The van der Waals surface area contributed by atoms with Gasteiger partial charge in [-0.2, -0.15) is 9.97 Å². The summed E-state index contributed by atoms with van der Waals surface area (Å²) in [6, 6.07) is 0. The smallest absolute Gasteiger partial charge is 0.226 e. The molecule has 0 amide bonds. The predicted octanol–water partition coefficient (Wildman–Crippen LogP) is 0.0937. The highest BCUT2D eigenvalue weighted by Gasteiger charge is 2.35. The first-order valence-electron chi connectivity index (χ1n) is 6.27. The van der Waals surface area contributed by atoms with E-state index in [0.29, 0.717) is 23.4 Å². The second-order valence-corrected chi connectivity index (χ2v) is 4.92. The standard InChI is InChI=1S/C11H14ClN5O4/c1-20-16-9-8-10(15-11(12)14-9)17(4-13-8)7-2-5(19)6(3-18)21-7/h4-7,18-19H,2-3H2,1H3,(H,14,15,16)/t5-,6+,7+/m0/s1. The Labute approximate surface area is 124 Å². The topological polar surface area (TPSA) is 115 Å². The fraction of sp³-hybridized carbons (Fsp3) is 0.545. The van der Waals surface area contributed by atoms with E-state index in [1.54, 1.807) is 4.57 Å². The summed E-state index contributed by atoms with van der Waals surface area (Å²) < 4.78 is 7.22. The molecule has 9 nitrogen and oxygen atoms in total. The first-order valence-corrected chi connectivity index (χ1v) is 6.65. The molecule has 3 atom stereocenters. The number of nitrogens with one attached hydrogen (secondary N) is 1. The van der Waals surface area contributed by atoms with Gasteiger partial charge in [-0.1, -0.05) is 0 Å². The average molecular weight is 316 g/mol. The van der Waals surface area contributed by atoms with Crippen molar-refractivity contribution in [1.82, 2.24) is 19.5 Å². The van der Waals surface area contributed by atoms with Gasteiger partial charge in [-0.25, -0.2) is 10.5 Å². The minimum atomic E-state index is -0.744. The molecular formula is C11H14ClN5O4. The molecular weight excluding hydrogens is 302 g/mol. The third-order valence-corrected chi connectivity index (χ3v) is 3.46. The average Bonchev–Trinajstić information content (AvgIpc) is 3.02. The first kappa shape index (κ1) is 14.4. The molecule has 0 unspecified atom stereocenters. The number of fused-ring (bicyclic) bond motifs is 1. The van der Waals surface area contributed by atoms with E-state index in [1.165, 1.54) is 13.4 Å². The first-order chi connectivity index (χ1) is 10.1. The van der Waals surface area contributed by atoms with Gasteiger partial charge in [-0.05, 0) is 11.6 Å². The van der Waals surface area contributed by atoms with Crippen LogP contribution in [0.5, 0.6) is 0 Å². The van der Waals surface area contributed by atoms with Crippen LogP contribution in [0.3, 0.4) is 0 Å². The van der Waals surface area contributed by atoms with Crippen molar-refractivity contribution < 1.29 is 19.8 Å². The molecule has 0 saturated carbocycles. The van der Waals surface area contributed by atoms with Crippen LogP contribution in [0.25, 0.3) is 11.2 Å². The Balaban J connectivity index is 2.01. The lowest BCUT2D eigenvalue weighted by molar-refractivity contribution is -0.0432. The Morgan fingerprint density at radius 2 is 2.38 bits per heavy atom. The maximum absolute atomic E-state index is 9.81. The number of anilines is 1. The molecule has 0 radical (unpaired) electrons. The Morgan fingerprint density at radius 1 is 1.57 bits per heavy atom. The van der Waals surface area contributed by atoms with Gasteiger partial charge < -0.3 is 14.9 Å². The lowest BCUT2D eigenvalue weighted by Crippen LogP contribution is -2.24. The minimum Gasteiger partial charge on any atom is -0.394 e. The Hall–Kier alpha value is -1.52. The summed E-state index contributed by atoms with van der Waals surface area (Å²) in [5, 5.41) is 19.0. The molecule has 1 aliphatic heterocycles.